The van der Waals surface area contributed by atoms with Gasteiger partial charge in [-0.3, -0.25) is 4.98 Å². The fourth-order valence-electron chi connectivity index (χ4n) is 2.85. The lowest BCUT2D eigenvalue weighted by molar-refractivity contribution is 0.442. The van der Waals surface area contributed by atoms with Crippen molar-refractivity contribution in [2.75, 3.05) is 5.73 Å². The number of hydrogen-bond donors (Lipinski definition) is 1. The van der Waals surface area contributed by atoms with Crippen molar-refractivity contribution in [3.05, 3.63) is 58.0 Å². The Labute approximate surface area is 171 Å². The van der Waals surface area contributed by atoms with Crippen molar-refractivity contribution in [1.29, 1.82) is 0 Å². The lowest BCUT2D eigenvalue weighted by atomic mass is 10.2. The van der Waals surface area contributed by atoms with E-state index in [2.05, 4.69) is 20.1 Å². The van der Waals surface area contributed by atoms with Crippen LogP contribution in [0.3, 0.4) is 0 Å². The molecule has 0 radical (unpaired) electrons. The zero-order valence-corrected chi connectivity index (χ0v) is 16.7. The number of aryl methyl sites for hydroxylation is 2. The third kappa shape index (κ3) is 3.46. The Balaban J connectivity index is 1.88. The van der Waals surface area contributed by atoms with Gasteiger partial charge in [0.05, 0.1) is 23.0 Å². The highest BCUT2D eigenvalue weighted by atomic mass is 35.5. The number of anilines is 1. The minimum Gasteiger partial charge on any atom is -0.423 e. The molecule has 2 N–H and O–H groups in total. The molecule has 0 fully saturated rings. The molecule has 0 aliphatic rings. The summed E-state index contributed by atoms with van der Waals surface area (Å²) in [6.45, 7) is 3.88. The third-order valence-corrected chi connectivity index (χ3v) is 4.56. The average molecular weight is 415 g/mol. The van der Waals surface area contributed by atoms with Gasteiger partial charge in [0, 0.05) is 15.7 Å². The molecule has 142 valence electrons. The fraction of sp³-hybridized carbons (Fsp3) is 0.158. The summed E-state index contributed by atoms with van der Waals surface area (Å²) in [5, 5.41) is 6.29. The van der Waals surface area contributed by atoms with Gasteiger partial charge >= 0.3 is 6.01 Å². The molecular formula is C19H16Cl2N6O. The van der Waals surface area contributed by atoms with Crippen molar-refractivity contribution in [3.8, 4) is 17.4 Å². The van der Waals surface area contributed by atoms with Crippen LogP contribution in [0.25, 0.3) is 16.7 Å². The van der Waals surface area contributed by atoms with Crippen molar-refractivity contribution in [2.45, 2.75) is 20.3 Å². The Morgan fingerprint density at radius 1 is 1.11 bits per heavy atom. The number of fused-ring (bicyclic) bond motifs is 1. The quantitative estimate of drug-likeness (QED) is 0.517. The van der Waals surface area contributed by atoms with Crippen LogP contribution in [0.5, 0.6) is 11.8 Å². The first kappa shape index (κ1) is 18.5. The fourth-order valence-corrected chi connectivity index (χ4v) is 3.36. The van der Waals surface area contributed by atoms with Gasteiger partial charge in [-0.15, -0.1) is 0 Å². The maximum atomic E-state index is 6.21. The molecule has 0 spiro atoms. The lowest BCUT2D eigenvalue weighted by Crippen LogP contribution is -2.02. The van der Waals surface area contributed by atoms with Crippen molar-refractivity contribution >= 4 is 40.1 Å². The van der Waals surface area contributed by atoms with Crippen LogP contribution in [-0.2, 0) is 6.42 Å². The molecule has 0 unspecified atom stereocenters. The van der Waals surface area contributed by atoms with Crippen LogP contribution in [0.2, 0.25) is 10.0 Å². The van der Waals surface area contributed by atoms with Gasteiger partial charge in [0.15, 0.2) is 5.65 Å². The molecule has 0 atom stereocenters. The number of ether oxygens (including phenoxy) is 1. The zero-order valence-electron chi connectivity index (χ0n) is 15.1. The number of pyridine rings is 1. The number of halogens is 2. The van der Waals surface area contributed by atoms with Gasteiger partial charge in [-0.25, -0.2) is 4.68 Å². The summed E-state index contributed by atoms with van der Waals surface area (Å²) >= 11 is 12.3. The van der Waals surface area contributed by atoms with E-state index in [4.69, 9.17) is 33.7 Å². The van der Waals surface area contributed by atoms with Gasteiger partial charge in [-0.05, 0) is 43.7 Å². The second kappa shape index (κ2) is 7.26. The topological polar surface area (TPSA) is 91.7 Å². The van der Waals surface area contributed by atoms with Crippen molar-refractivity contribution in [1.82, 2.24) is 24.7 Å². The van der Waals surface area contributed by atoms with E-state index in [0.29, 0.717) is 38.9 Å². The van der Waals surface area contributed by atoms with Gasteiger partial charge < -0.3 is 10.5 Å². The monoisotopic (exact) mass is 414 g/mol. The van der Waals surface area contributed by atoms with E-state index in [-0.39, 0.29) is 11.8 Å². The molecule has 0 saturated carbocycles. The van der Waals surface area contributed by atoms with E-state index < -0.39 is 0 Å². The third-order valence-electron chi connectivity index (χ3n) is 4.13. The van der Waals surface area contributed by atoms with E-state index in [1.54, 1.807) is 35.1 Å². The highest BCUT2D eigenvalue weighted by molar-refractivity contribution is 6.34. The van der Waals surface area contributed by atoms with E-state index in [1.165, 1.54) is 0 Å². The summed E-state index contributed by atoms with van der Waals surface area (Å²) in [6.07, 6.45) is 2.26. The molecule has 28 heavy (non-hydrogen) atoms. The molecule has 4 rings (SSSR count). The Bertz CT molecular complexity index is 1150. The number of rotatable bonds is 4. The van der Waals surface area contributed by atoms with E-state index in [9.17, 15) is 0 Å². The SMILES string of the molecule is CCc1nn(-c2cc(Cl)cc(Cl)c2)c2nc(Oc3ccc(C)nc3)nc(N)c12. The second-order valence-corrected chi connectivity index (χ2v) is 7.04. The van der Waals surface area contributed by atoms with Crippen molar-refractivity contribution in [3.63, 3.8) is 0 Å². The smallest absolute Gasteiger partial charge is 0.326 e. The van der Waals surface area contributed by atoms with Crippen molar-refractivity contribution in [2.24, 2.45) is 0 Å². The van der Waals surface area contributed by atoms with Gasteiger partial charge in [0.2, 0.25) is 0 Å². The molecule has 0 amide bonds. The highest BCUT2D eigenvalue weighted by Gasteiger charge is 2.19. The van der Waals surface area contributed by atoms with Gasteiger partial charge in [-0.1, -0.05) is 30.1 Å². The molecule has 0 saturated heterocycles. The Morgan fingerprint density at radius 3 is 2.50 bits per heavy atom. The number of nitrogens with zero attached hydrogens (tertiary/aromatic N) is 5. The van der Waals surface area contributed by atoms with Gasteiger partial charge in [-0.2, -0.15) is 15.1 Å². The average Bonchev–Trinajstić information content (AvgIpc) is 3.02. The molecule has 0 bridgehead atoms. The van der Waals surface area contributed by atoms with E-state index in [1.807, 2.05) is 19.9 Å². The summed E-state index contributed by atoms with van der Waals surface area (Å²) < 4.78 is 7.39. The van der Waals surface area contributed by atoms with Crippen LogP contribution >= 0.6 is 23.2 Å². The van der Waals surface area contributed by atoms with Crippen LogP contribution < -0.4 is 10.5 Å². The highest BCUT2D eigenvalue weighted by Crippen LogP contribution is 2.30. The van der Waals surface area contributed by atoms with E-state index >= 15 is 0 Å². The second-order valence-electron chi connectivity index (χ2n) is 6.17. The Hall–Kier alpha value is -2.90. The summed E-state index contributed by atoms with van der Waals surface area (Å²) in [7, 11) is 0. The van der Waals surface area contributed by atoms with Crippen LogP contribution in [-0.4, -0.2) is 24.7 Å². The van der Waals surface area contributed by atoms with Crippen LogP contribution in [0.15, 0.2) is 36.5 Å². The molecule has 3 heterocycles. The molecule has 3 aromatic heterocycles. The summed E-state index contributed by atoms with van der Waals surface area (Å²) in [5.41, 5.74) is 9.04. The number of nitrogens with two attached hydrogens (primary N) is 1. The molecule has 4 aromatic rings. The Morgan fingerprint density at radius 2 is 1.86 bits per heavy atom. The maximum absolute atomic E-state index is 6.21. The molecule has 0 aliphatic carbocycles. The summed E-state index contributed by atoms with van der Waals surface area (Å²) in [5.74, 6) is 0.799. The van der Waals surface area contributed by atoms with Crippen LogP contribution in [0.1, 0.15) is 18.3 Å². The number of aromatic nitrogens is 5. The normalized spacial score (nSPS) is 11.1. The minimum atomic E-state index is 0.104. The maximum Gasteiger partial charge on any atom is 0.326 e. The molecule has 9 heteroatoms. The molecular weight excluding hydrogens is 399 g/mol. The first-order chi connectivity index (χ1) is 13.4. The number of benzene rings is 1. The van der Waals surface area contributed by atoms with Crippen molar-refractivity contribution < 1.29 is 4.74 Å². The van der Waals surface area contributed by atoms with Crippen LogP contribution in [0.4, 0.5) is 5.82 Å². The Kier molecular flexibility index (Phi) is 4.78. The lowest BCUT2D eigenvalue weighted by Gasteiger charge is -2.07. The largest absolute Gasteiger partial charge is 0.423 e. The van der Waals surface area contributed by atoms with Gasteiger partial charge in [0.1, 0.15) is 11.6 Å². The molecule has 0 aliphatic heterocycles. The summed E-state index contributed by atoms with van der Waals surface area (Å²) in [6, 6.07) is 8.89. The first-order valence-corrected chi connectivity index (χ1v) is 9.32. The minimum absolute atomic E-state index is 0.104. The molecule has 7 nitrogen and oxygen atoms in total. The van der Waals surface area contributed by atoms with E-state index in [0.717, 1.165) is 11.4 Å². The van der Waals surface area contributed by atoms with Gasteiger partial charge in [0.25, 0.3) is 0 Å². The molecule has 1 aromatic carbocycles. The predicted octanol–water partition coefficient (Wildman–Crippen LogP) is 4.76. The summed E-state index contributed by atoms with van der Waals surface area (Å²) in [4.78, 5) is 13.0. The standard InChI is InChI=1S/C19H16Cl2N6O/c1-3-15-16-17(22)24-19(28-14-5-4-10(2)23-9-14)25-18(16)27(26-15)13-7-11(20)6-12(21)8-13/h4-9H,3H2,1-2H3,(H2,22,24,25). The zero-order chi connectivity index (χ0) is 19.8. The predicted molar refractivity (Wildman–Crippen MR) is 110 cm³/mol. The number of hydrogen-bond acceptors (Lipinski definition) is 6. The van der Waals surface area contributed by atoms with Crippen LogP contribution in [0, 0.1) is 6.92 Å². The number of nitrogen functional groups attached to an aromatic ring is 1. The first-order valence-electron chi connectivity index (χ1n) is 8.56.